The summed E-state index contributed by atoms with van der Waals surface area (Å²) in [5, 5.41) is 11.0. The molecular formula is C19H17F3N4O2S. The molecule has 152 valence electrons. The van der Waals surface area contributed by atoms with Crippen LogP contribution in [0.4, 0.5) is 13.2 Å². The molecule has 0 N–H and O–H groups in total. The lowest BCUT2D eigenvalue weighted by atomic mass is 9.81. The molecule has 0 bridgehead atoms. The van der Waals surface area contributed by atoms with Gasteiger partial charge in [0.2, 0.25) is 0 Å². The first kappa shape index (κ1) is 19.6. The van der Waals surface area contributed by atoms with Crippen LogP contribution in [-0.2, 0) is 9.53 Å². The molecule has 1 aliphatic carbocycles. The molecule has 3 aromatic heterocycles. The molecule has 0 radical (unpaired) electrons. The molecule has 3 atom stereocenters. The average molecular weight is 422 g/mol. The Balaban J connectivity index is 1.71. The van der Waals surface area contributed by atoms with E-state index in [1.807, 2.05) is 29.0 Å². The predicted octanol–water partition coefficient (Wildman–Crippen LogP) is 4.68. The first-order chi connectivity index (χ1) is 13.8. The second-order valence-corrected chi connectivity index (χ2v) is 8.10. The third-order valence-corrected chi connectivity index (χ3v) is 6.32. The molecule has 0 saturated heterocycles. The number of pyridine rings is 1. The van der Waals surface area contributed by atoms with Crippen LogP contribution in [-0.4, -0.2) is 32.8 Å². The number of ether oxygens (including phenoxy) is 1. The quantitative estimate of drug-likeness (QED) is 0.573. The minimum Gasteiger partial charge on any atom is -0.455 e. The van der Waals surface area contributed by atoms with E-state index in [0.717, 1.165) is 27.1 Å². The fourth-order valence-electron chi connectivity index (χ4n) is 4.15. The van der Waals surface area contributed by atoms with Crippen LogP contribution in [0.3, 0.4) is 0 Å². The number of nitriles is 1. The Morgan fingerprint density at radius 3 is 2.93 bits per heavy atom. The van der Waals surface area contributed by atoms with Crippen molar-refractivity contribution < 1.29 is 22.7 Å². The Hall–Kier alpha value is -2.67. The van der Waals surface area contributed by atoms with Crippen molar-refractivity contribution in [3.8, 4) is 6.07 Å². The Morgan fingerprint density at radius 2 is 2.21 bits per heavy atom. The highest BCUT2D eigenvalue weighted by atomic mass is 32.1. The highest BCUT2D eigenvalue weighted by molar-refractivity contribution is 7.18. The van der Waals surface area contributed by atoms with Crippen molar-refractivity contribution in [2.24, 2.45) is 5.92 Å². The lowest BCUT2D eigenvalue weighted by molar-refractivity contribution is -0.209. The minimum absolute atomic E-state index is 0.0469. The van der Waals surface area contributed by atoms with Gasteiger partial charge in [0.25, 0.3) is 0 Å². The number of imidazole rings is 1. The SMILES string of the molecule is Cc1nc2cnc3ccsc3c2n1[C@@H]1CC[C@@H](CC#N)[C@@H](OC(=O)C(F)(F)F)C1. The molecule has 0 aliphatic heterocycles. The number of alkyl halides is 3. The van der Waals surface area contributed by atoms with Crippen LogP contribution in [0.2, 0.25) is 0 Å². The first-order valence-corrected chi connectivity index (χ1v) is 10.0. The van der Waals surface area contributed by atoms with Gasteiger partial charge in [-0.05, 0) is 31.2 Å². The van der Waals surface area contributed by atoms with Crippen LogP contribution >= 0.6 is 11.3 Å². The molecule has 1 saturated carbocycles. The molecule has 29 heavy (non-hydrogen) atoms. The van der Waals surface area contributed by atoms with Crippen molar-refractivity contribution in [1.29, 1.82) is 5.26 Å². The number of fused-ring (bicyclic) bond motifs is 3. The first-order valence-electron chi connectivity index (χ1n) is 9.15. The predicted molar refractivity (Wildman–Crippen MR) is 100 cm³/mol. The van der Waals surface area contributed by atoms with Crippen LogP contribution in [0.15, 0.2) is 17.6 Å². The fraction of sp³-hybridized carbons (Fsp3) is 0.474. The van der Waals surface area contributed by atoms with Gasteiger partial charge in [-0.25, -0.2) is 9.78 Å². The van der Waals surface area contributed by atoms with Gasteiger partial charge in [0.1, 0.15) is 17.4 Å². The number of carbonyl (C=O) groups is 1. The summed E-state index contributed by atoms with van der Waals surface area (Å²) in [6.07, 6.45) is -2.94. The maximum atomic E-state index is 12.7. The standard InChI is InChI=1S/C19H17F3N4O2S/c1-10-25-14-9-24-13-5-7-29-17(13)16(14)26(10)12-3-2-11(4-6-23)15(8-12)28-18(27)19(20,21)22/h5,7,9,11-12,15H,2-4,8H2,1H3/t11-,12+,15-/m0/s1. The zero-order chi connectivity index (χ0) is 20.8. The number of hydrogen-bond acceptors (Lipinski definition) is 6. The van der Waals surface area contributed by atoms with Gasteiger partial charge in [0, 0.05) is 24.8 Å². The average Bonchev–Trinajstić information content (AvgIpc) is 3.25. The van der Waals surface area contributed by atoms with Gasteiger partial charge in [0.05, 0.1) is 28.0 Å². The number of hydrogen-bond donors (Lipinski definition) is 0. The summed E-state index contributed by atoms with van der Waals surface area (Å²) in [5.74, 6) is -1.89. The Bertz CT molecular complexity index is 1110. The molecular weight excluding hydrogens is 405 g/mol. The van der Waals surface area contributed by atoms with Gasteiger partial charge in [0.15, 0.2) is 0 Å². The number of aromatic nitrogens is 3. The van der Waals surface area contributed by atoms with Crippen molar-refractivity contribution in [2.75, 3.05) is 0 Å². The van der Waals surface area contributed by atoms with Gasteiger partial charge in [-0.15, -0.1) is 11.3 Å². The van der Waals surface area contributed by atoms with Crippen molar-refractivity contribution in [2.45, 2.75) is 50.9 Å². The number of carbonyl (C=O) groups excluding carboxylic acids is 1. The number of esters is 1. The van der Waals surface area contributed by atoms with Crippen molar-refractivity contribution >= 4 is 38.6 Å². The van der Waals surface area contributed by atoms with Crippen LogP contribution in [0.1, 0.15) is 37.5 Å². The summed E-state index contributed by atoms with van der Waals surface area (Å²) in [4.78, 5) is 20.4. The van der Waals surface area contributed by atoms with E-state index in [4.69, 9.17) is 10.00 Å². The normalized spacial score (nSPS) is 22.7. The summed E-state index contributed by atoms with van der Waals surface area (Å²) >= 11 is 1.53. The second kappa shape index (κ2) is 7.30. The van der Waals surface area contributed by atoms with Gasteiger partial charge < -0.3 is 9.30 Å². The minimum atomic E-state index is -5.06. The molecule has 0 aromatic carbocycles. The molecule has 0 amide bonds. The monoisotopic (exact) mass is 422 g/mol. The maximum absolute atomic E-state index is 12.7. The lowest BCUT2D eigenvalue weighted by Gasteiger charge is -2.36. The van der Waals surface area contributed by atoms with Crippen molar-refractivity contribution in [1.82, 2.24) is 14.5 Å². The zero-order valence-electron chi connectivity index (χ0n) is 15.4. The van der Waals surface area contributed by atoms with Crippen molar-refractivity contribution in [3.05, 3.63) is 23.5 Å². The molecule has 3 heterocycles. The van der Waals surface area contributed by atoms with E-state index in [2.05, 4.69) is 9.97 Å². The molecule has 6 nitrogen and oxygen atoms in total. The van der Waals surface area contributed by atoms with Crippen LogP contribution in [0.5, 0.6) is 0 Å². The van der Waals surface area contributed by atoms with Crippen LogP contribution in [0, 0.1) is 24.2 Å². The number of nitrogens with zero attached hydrogens (tertiary/aromatic N) is 4. The van der Waals surface area contributed by atoms with Crippen LogP contribution < -0.4 is 0 Å². The fourth-order valence-corrected chi connectivity index (χ4v) is 5.03. The molecule has 0 spiro atoms. The van der Waals surface area contributed by atoms with E-state index >= 15 is 0 Å². The number of aryl methyl sites for hydroxylation is 1. The Kier molecular flexibility index (Phi) is 4.94. The lowest BCUT2D eigenvalue weighted by Crippen LogP contribution is -2.38. The summed E-state index contributed by atoms with van der Waals surface area (Å²) in [7, 11) is 0. The van der Waals surface area contributed by atoms with E-state index < -0.39 is 24.2 Å². The molecule has 4 rings (SSSR count). The van der Waals surface area contributed by atoms with Crippen molar-refractivity contribution in [3.63, 3.8) is 0 Å². The van der Waals surface area contributed by atoms with Gasteiger partial charge in [-0.2, -0.15) is 18.4 Å². The summed E-state index contributed by atoms with van der Waals surface area (Å²) in [6, 6.07) is 3.71. The highest BCUT2D eigenvalue weighted by Gasteiger charge is 2.45. The molecule has 1 fully saturated rings. The highest BCUT2D eigenvalue weighted by Crippen LogP contribution is 2.40. The number of halogens is 3. The smallest absolute Gasteiger partial charge is 0.455 e. The Labute approximate surface area is 167 Å². The molecule has 0 unspecified atom stereocenters. The largest absolute Gasteiger partial charge is 0.490 e. The van der Waals surface area contributed by atoms with E-state index in [-0.39, 0.29) is 18.9 Å². The van der Waals surface area contributed by atoms with Crippen LogP contribution in [0.25, 0.3) is 21.3 Å². The summed E-state index contributed by atoms with van der Waals surface area (Å²) < 4.78 is 46.0. The van der Waals surface area contributed by atoms with E-state index in [1.165, 1.54) is 11.3 Å². The third kappa shape index (κ3) is 3.55. The summed E-state index contributed by atoms with van der Waals surface area (Å²) in [5.41, 5.74) is 2.45. The number of thiophene rings is 1. The topological polar surface area (TPSA) is 80.8 Å². The van der Waals surface area contributed by atoms with E-state index in [1.54, 1.807) is 6.20 Å². The Morgan fingerprint density at radius 1 is 1.41 bits per heavy atom. The third-order valence-electron chi connectivity index (χ3n) is 5.41. The van der Waals surface area contributed by atoms with E-state index in [0.29, 0.717) is 12.8 Å². The second-order valence-electron chi connectivity index (χ2n) is 7.19. The van der Waals surface area contributed by atoms with E-state index in [9.17, 15) is 18.0 Å². The molecule has 1 aliphatic rings. The summed E-state index contributed by atoms with van der Waals surface area (Å²) in [6.45, 7) is 1.84. The van der Waals surface area contributed by atoms with Gasteiger partial charge in [-0.1, -0.05) is 0 Å². The maximum Gasteiger partial charge on any atom is 0.490 e. The van der Waals surface area contributed by atoms with Gasteiger partial charge >= 0.3 is 12.1 Å². The molecule has 10 heteroatoms. The number of rotatable bonds is 3. The molecule has 3 aromatic rings. The van der Waals surface area contributed by atoms with Gasteiger partial charge in [-0.3, -0.25) is 4.98 Å². The zero-order valence-corrected chi connectivity index (χ0v) is 16.3.